The number of nitrogens with zero attached hydrogens (tertiary/aromatic N) is 8. The molecule has 5 aromatic rings. The van der Waals surface area contributed by atoms with Crippen LogP contribution in [0.25, 0.3) is 5.69 Å². The van der Waals surface area contributed by atoms with Crippen LogP contribution in [0.5, 0.6) is 11.6 Å². The molecule has 6 rings (SSSR count). The number of carbonyl (C=O) groups excluding carboxylic acids is 1. The van der Waals surface area contributed by atoms with Crippen molar-refractivity contribution in [3.8, 4) is 23.4 Å². The van der Waals surface area contributed by atoms with Gasteiger partial charge in [-0.05, 0) is 47.4 Å². The number of halogens is 1. The number of fused-ring (bicyclic) bond motifs is 1. The van der Waals surface area contributed by atoms with Gasteiger partial charge in [-0.3, -0.25) is 14.5 Å². The zero-order chi connectivity index (χ0) is 34.3. The maximum absolute atomic E-state index is 14.5. The highest BCUT2D eigenvalue weighted by Crippen LogP contribution is 2.45. The van der Waals surface area contributed by atoms with Crippen molar-refractivity contribution < 1.29 is 14.3 Å². The van der Waals surface area contributed by atoms with Crippen LogP contribution in [-0.4, -0.2) is 58.5 Å². The number of rotatable bonds is 9. The molecule has 12 nitrogen and oxygen atoms in total. The summed E-state index contributed by atoms with van der Waals surface area (Å²) in [5, 5.41) is 14.6. The summed E-state index contributed by atoms with van der Waals surface area (Å²) < 4.78 is 14.1. The Hall–Kier alpha value is -5.67. The van der Waals surface area contributed by atoms with E-state index in [4.69, 9.17) is 26.2 Å². The van der Waals surface area contributed by atoms with Crippen molar-refractivity contribution in [3.05, 3.63) is 116 Å². The standard InChI is InChI=1S/C35H33ClN8O4/c1-20(2)30-28-29(40-44(30)27-17-38-35(41(3)4)39-32(27)48-6)34(46)43(31(28)23-11-7-21(16-37)8-12-23)26-15-24(36)19-42(33(26)45)18-22-9-13-25(47-5)14-10-22/h7-15,17,19-20,31H,18H2,1-6H3. The van der Waals surface area contributed by atoms with Gasteiger partial charge in [-0.15, -0.1) is 0 Å². The molecule has 1 atom stereocenters. The van der Waals surface area contributed by atoms with Crippen LogP contribution in [0.4, 0.5) is 11.6 Å². The summed E-state index contributed by atoms with van der Waals surface area (Å²) in [5.74, 6) is 0.817. The van der Waals surface area contributed by atoms with Gasteiger partial charge in [0.25, 0.3) is 11.5 Å². The first-order valence-electron chi connectivity index (χ1n) is 15.1. The quantitative estimate of drug-likeness (QED) is 0.204. The normalized spacial score (nSPS) is 13.9. The molecule has 0 saturated carbocycles. The molecule has 13 heteroatoms. The molecular formula is C35H33ClN8O4. The molecule has 1 aliphatic rings. The van der Waals surface area contributed by atoms with Gasteiger partial charge in [-0.1, -0.05) is 49.7 Å². The van der Waals surface area contributed by atoms with E-state index in [9.17, 15) is 14.9 Å². The highest BCUT2D eigenvalue weighted by atomic mass is 35.5. The number of nitriles is 1. The van der Waals surface area contributed by atoms with Crippen LogP contribution in [0.2, 0.25) is 5.02 Å². The lowest BCUT2D eigenvalue weighted by Crippen LogP contribution is -2.36. The molecule has 4 heterocycles. The molecule has 1 aliphatic heterocycles. The van der Waals surface area contributed by atoms with Gasteiger partial charge < -0.3 is 18.9 Å². The van der Waals surface area contributed by atoms with Crippen molar-refractivity contribution in [2.45, 2.75) is 32.4 Å². The van der Waals surface area contributed by atoms with Crippen molar-refractivity contribution in [3.63, 3.8) is 0 Å². The predicted octanol–water partition coefficient (Wildman–Crippen LogP) is 5.35. The van der Waals surface area contributed by atoms with Crippen molar-refractivity contribution in [1.29, 1.82) is 5.26 Å². The Bertz CT molecular complexity index is 2120. The Morgan fingerprint density at radius 1 is 1.02 bits per heavy atom. The van der Waals surface area contributed by atoms with Gasteiger partial charge in [0.2, 0.25) is 11.8 Å². The minimum Gasteiger partial charge on any atom is -0.497 e. The van der Waals surface area contributed by atoms with E-state index in [-0.39, 0.29) is 34.7 Å². The van der Waals surface area contributed by atoms with Gasteiger partial charge in [-0.25, -0.2) is 9.67 Å². The molecule has 1 amide bonds. The second kappa shape index (κ2) is 12.8. The van der Waals surface area contributed by atoms with Crippen molar-refractivity contribution >= 4 is 29.1 Å². The third-order valence-electron chi connectivity index (χ3n) is 8.16. The molecule has 0 bridgehead atoms. The van der Waals surface area contributed by atoms with E-state index in [0.717, 1.165) is 11.3 Å². The van der Waals surface area contributed by atoms with E-state index in [1.165, 1.54) is 22.6 Å². The monoisotopic (exact) mass is 664 g/mol. The minimum absolute atomic E-state index is 0.103. The number of methoxy groups -OCH3 is 2. The molecular weight excluding hydrogens is 632 g/mol. The summed E-state index contributed by atoms with van der Waals surface area (Å²) in [6.45, 7) is 4.22. The molecule has 0 N–H and O–H groups in total. The van der Waals surface area contributed by atoms with E-state index in [1.807, 2.05) is 52.2 Å². The second-order valence-electron chi connectivity index (χ2n) is 11.8. The Morgan fingerprint density at radius 3 is 2.33 bits per heavy atom. The number of aromatic nitrogens is 5. The van der Waals surface area contributed by atoms with E-state index in [2.05, 4.69) is 16.0 Å². The fourth-order valence-electron chi connectivity index (χ4n) is 5.94. The van der Waals surface area contributed by atoms with Crippen molar-refractivity contribution in [2.24, 2.45) is 0 Å². The molecule has 0 fully saturated rings. The molecule has 2 aromatic carbocycles. The van der Waals surface area contributed by atoms with Crippen molar-refractivity contribution in [2.75, 3.05) is 38.1 Å². The van der Waals surface area contributed by atoms with Crippen LogP contribution in [0.3, 0.4) is 0 Å². The Balaban J connectivity index is 1.55. The van der Waals surface area contributed by atoms with Crippen LogP contribution >= 0.6 is 11.6 Å². The number of carbonyl (C=O) groups is 1. The van der Waals surface area contributed by atoms with E-state index >= 15 is 0 Å². The largest absolute Gasteiger partial charge is 0.497 e. The van der Waals surface area contributed by atoms with Gasteiger partial charge in [0.05, 0.1) is 55.4 Å². The smallest absolute Gasteiger partial charge is 0.280 e. The Labute approximate surface area is 282 Å². The first-order chi connectivity index (χ1) is 23.1. The molecule has 0 aliphatic carbocycles. The van der Waals surface area contributed by atoms with Crippen LogP contribution in [-0.2, 0) is 6.54 Å². The number of ether oxygens (including phenoxy) is 2. The maximum atomic E-state index is 14.5. The molecule has 0 radical (unpaired) electrons. The first-order valence-corrected chi connectivity index (χ1v) is 15.5. The molecule has 1 unspecified atom stereocenters. The summed E-state index contributed by atoms with van der Waals surface area (Å²) in [5.41, 5.74) is 3.68. The zero-order valence-electron chi connectivity index (χ0n) is 27.3. The van der Waals surface area contributed by atoms with E-state index in [1.54, 1.807) is 53.4 Å². The van der Waals surface area contributed by atoms with E-state index < -0.39 is 17.5 Å². The average molecular weight is 665 g/mol. The summed E-state index contributed by atoms with van der Waals surface area (Å²) in [6.07, 6.45) is 3.17. The topological polar surface area (TPSA) is 131 Å². The maximum Gasteiger partial charge on any atom is 0.280 e. The minimum atomic E-state index is -0.764. The first kappa shape index (κ1) is 32.3. The average Bonchev–Trinajstić information content (AvgIpc) is 3.61. The SMILES string of the molecule is COc1ccc(Cn2cc(Cl)cc(N3C(=O)c4nn(-c5cnc(N(C)C)nc5OC)c(C(C)C)c4C3c3ccc(C#N)cc3)c2=O)cc1. The van der Waals surface area contributed by atoms with Gasteiger partial charge in [-0.2, -0.15) is 15.3 Å². The highest BCUT2D eigenvalue weighted by Gasteiger charge is 2.46. The van der Waals surface area contributed by atoms with Crippen LogP contribution in [0.1, 0.15) is 64.2 Å². The molecule has 244 valence electrons. The van der Waals surface area contributed by atoms with Gasteiger partial charge in [0, 0.05) is 25.9 Å². The third kappa shape index (κ3) is 5.62. The van der Waals surface area contributed by atoms with Gasteiger partial charge in [0.15, 0.2) is 5.69 Å². The number of hydrogen-bond acceptors (Lipinski definition) is 9. The summed E-state index contributed by atoms with van der Waals surface area (Å²) in [4.78, 5) is 41.0. The third-order valence-corrected chi connectivity index (χ3v) is 8.37. The number of benzene rings is 2. The lowest BCUT2D eigenvalue weighted by Gasteiger charge is -2.28. The number of anilines is 2. The van der Waals surface area contributed by atoms with Crippen LogP contribution < -0.4 is 24.8 Å². The lowest BCUT2D eigenvalue weighted by atomic mass is 9.94. The Kier molecular flexibility index (Phi) is 8.64. The lowest BCUT2D eigenvalue weighted by molar-refractivity contribution is 0.0987. The van der Waals surface area contributed by atoms with Crippen molar-refractivity contribution in [1.82, 2.24) is 24.3 Å². The summed E-state index contributed by atoms with van der Waals surface area (Å²) >= 11 is 6.63. The van der Waals surface area contributed by atoms with Crippen LogP contribution in [0, 0.1) is 11.3 Å². The summed E-state index contributed by atoms with van der Waals surface area (Å²) in [7, 11) is 6.75. The zero-order valence-corrected chi connectivity index (χ0v) is 28.1. The summed E-state index contributed by atoms with van der Waals surface area (Å²) in [6, 6.07) is 17.2. The Morgan fingerprint density at radius 2 is 1.73 bits per heavy atom. The van der Waals surface area contributed by atoms with E-state index in [0.29, 0.717) is 34.1 Å². The van der Waals surface area contributed by atoms with Gasteiger partial charge in [0.1, 0.15) is 17.1 Å². The number of pyridine rings is 1. The van der Waals surface area contributed by atoms with Crippen LogP contribution in [0.15, 0.2) is 71.8 Å². The fourth-order valence-corrected chi connectivity index (χ4v) is 6.16. The fraction of sp³-hybridized carbons (Fsp3) is 0.257. The molecule has 0 spiro atoms. The number of hydrogen-bond donors (Lipinski definition) is 0. The number of amides is 1. The second-order valence-corrected chi connectivity index (χ2v) is 12.2. The molecule has 48 heavy (non-hydrogen) atoms. The highest BCUT2D eigenvalue weighted by molar-refractivity contribution is 6.30. The predicted molar refractivity (Wildman–Crippen MR) is 182 cm³/mol. The van der Waals surface area contributed by atoms with Gasteiger partial charge >= 0.3 is 0 Å². The molecule has 0 saturated heterocycles. The molecule has 3 aromatic heterocycles.